The van der Waals surface area contributed by atoms with Crippen molar-refractivity contribution in [2.24, 2.45) is 5.73 Å². The number of esters is 1. The molecular formula is C13H25N3O2S. The molecule has 1 unspecified atom stereocenters. The minimum atomic E-state index is -0.127. The van der Waals surface area contributed by atoms with Crippen LogP contribution < -0.4 is 5.73 Å². The largest absolute Gasteiger partial charge is 0.469 e. The van der Waals surface area contributed by atoms with E-state index < -0.39 is 0 Å². The second-order valence-electron chi connectivity index (χ2n) is 4.88. The van der Waals surface area contributed by atoms with Crippen LogP contribution in [0.5, 0.6) is 0 Å². The fourth-order valence-corrected chi connectivity index (χ4v) is 2.80. The van der Waals surface area contributed by atoms with Crippen LogP contribution in [0.25, 0.3) is 0 Å². The molecule has 1 rings (SSSR count). The maximum atomic E-state index is 11.0. The van der Waals surface area contributed by atoms with Crippen LogP contribution in [-0.2, 0) is 9.53 Å². The molecule has 0 aromatic rings. The van der Waals surface area contributed by atoms with Gasteiger partial charge in [-0.25, -0.2) is 0 Å². The molecule has 1 aliphatic heterocycles. The smallest absolute Gasteiger partial charge is 0.305 e. The van der Waals surface area contributed by atoms with Crippen LogP contribution in [0.4, 0.5) is 0 Å². The number of hydrogen-bond acceptors (Lipinski definition) is 5. The van der Waals surface area contributed by atoms with E-state index in [-0.39, 0.29) is 12.0 Å². The minimum Gasteiger partial charge on any atom is -0.469 e. The highest BCUT2D eigenvalue weighted by molar-refractivity contribution is 7.80. The van der Waals surface area contributed by atoms with Gasteiger partial charge in [0.25, 0.3) is 0 Å². The van der Waals surface area contributed by atoms with Gasteiger partial charge in [-0.15, -0.1) is 0 Å². The molecule has 2 N–H and O–H groups in total. The van der Waals surface area contributed by atoms with Gasteiger partial charge in [0.15, 0.2) is 0 Å². The maximum Gasteiger partial charge on any atom is 0.305 e. The molecule has 0 aromatic carbocycles. The van der Waals surface area contributed by atoms with Crippen molar-refractivity contribution in [3.8, 4) is 0 Å². The molecule has 0 aromatic heterocycles. The van der Waals surface area contributed by atoms with Gasteiger partial charge in [-0.2, -0.15) is 0 Å². The van der Waals surface area contributed by atoms with Gasteiger partial charge in [0.1, 0.15) is 0 Å². The SMILES string of the molecule is CCC(C(N)=S)N1CCN(CCCC(=O)OC)CC1. The monoisotopic (exact) mass is 287 g/mol. The van der Waals surface area contributed by atoms with E-state index >= 15 is 0 Å². The van der Waals surface area contributed by atoms with Crippen molar-refractivity contribution in [3.05, 3.63) is 0 Å². The summed E-state index contributed by atoms with van der Waals surface area (Å²) in [5, 5.41) is 0. The molecule has 0 radical (unpaired) electrons. The molecule has 6 heteroatoms. The van der Waals surface area contributed by atoms with Gasteiger partial charge in [0.05, 0.1) is 18.1 Å². The summed E-state index contributed by atoms with van der Waals surface area (Å²) in [7, 11) is 1.43. The standard InChI is InChI=1S/C13H25N3O2S/c1-3-11(13(14)19)16-9-7-15(8-10-16)6-4-5-12(17)18-2/h11H,3-10H2,1-2H3,(H2,14,19). The molecule has 0 bridgehead atoms. The summed E-state index contributed by atoms with van der Waals surface area (Å²) in [5.41, 5.74) is 5.77. The van der Waals surface area contributed by atoms with Crippen molar-refractivity contribution in [1.29, 1.82) is 0 Å². The van der Waals surface area contributed by atoms with Crippen molar-refractivity contribution < 1.29 is 9.53 Å². The van der Waals surface area contributed by atoms with Crippen molar-refractivity contribution >= 4 is 23.2 Å². The van der Waals surface area contributed by atoms with Crippen molar-refractivity contribution in [1.82, 2.24) is 9.80 Å². The van der Waals surface area contributed by atoms with E-state index in [0.717, 1.165) is 45.6 Å². The zero-order valence-corrected chi connectivity index (χ0v) is 12.7. The summed E-state index contributed by atoms with van der Waals surface area (Å²) < 4.78 is 4.64. The lowest BCUT2D eigenvalue weighted by atomic mass is 10.1. The van der Waals surface area contributed by atoms with E-state index in [9.17, 15) is 4.79 Å². The van der Waals surface area contributed by atoms with E-state index in [1.165, 1.54) is 7.11 Å². The Hall–Kier alpha value is -0.720. The highest BCUT2D eigenvalue weighted by Gasteiger charge is 2.24. The Morgan fingerprint density at radius 2 is 2.00 bits per heavy atom. The number of carbonyl (C=O) groups is 1. The summed E-state index contributed by atoms with van der Waals surface area (Å²) >= 11 is 5.11. The predicted molar refractivity (Wildman–Crippen MR) is 80.1 cm³/mol. The number of carbonyl (C=O) groups excluding carboxylic acids is 1. The van der Waals surface area contributed by atoms with E-state index in [4.69, 9.17) is 18.0 Å². The molecule has 110 valence electrons. The van der Waals surface area contributed by atoms with Gasteiger partial charge in [0.2, 0.25) is 0 Å². The number of hydrogen-bond donors (Lipinski definition) is 1. The third-order valence-corrected chi connectivity index (χ3v) is 3.92. The fourth-order valence-electron chi connectivity index (χ4n) is 2.49. The topological polar surface area (TPSA) is 58.8 Å². The molecule has 1 fully saturated rings. The Morgan fingerprint density at radius 3 is 2.47 bits per heavy atom. The second-order valence-corrected chi connectivity index (χ2v) is 5.36. The number of ether oxygens (including phenoxy) is 1. The number of thiocarbonyl (C=S) groups is 1. The molecular weight excluding hydrogens is 262 g/mol. The first kappa shape index (κ1) is 16.3. The molecule has 1 heterocycles. The lowest BCUT2D eigenvalue weighted by molar-refractivity contribution is -0.140. The molecule has 0 aliphatic carbocycles. The van der Waals surface area contributed by atoms with Crippen LogP contribution in [0, 0.1) is 0 Å². The molecule has 0 amide bonds. The number of nitrogens with two attached hydrogens (primary N) is 1. The van der Waals surface area contributed by atoms with Crippen molar-refractivity contribution in [2.45, 2.75) is 32.2 Å². The fraction of sp³-hybridized carbons (Fsp3) is 0.846. The van der Waals surface area contributed by atoms with Crippen molar-refractivity contribution in [3.63, 3.8) is 0 Å². The molecule has 19 heavy (non-hydrogen) atoms. The first-order valence-electron chi connectivity index (χ1n) is 6.91. The predicted octanol–water partition coefficient (Wildman–Crippen LogP) is 0.622. The van der Waals surface area contributed by atoms with Crippen LogP contribution >= 0.6 is 12.2 Å². The number of nitrogens with zero attached hydrogens (tertiary/aromatic N) is 2. The summed E-state index contributed by atoms with van der Waals surface area (Å²) in [4.78, 5) is 16.4. The molecule has 1 saturated heterocycles. The zero-order valence-electron chi connectivity index (χ0n) is 11.9. The van der Waals surface area contributed by atoms with Crippen LogP contribution in [0.1, 0.15) is 26.2 Å². The lowest BCUT2D eigenvalue weighted by Crippen LogP contribution is -2.53. The minimum absolute atomic E-state index is 0.127. The first-order chi connectivity index (χ1) is 9.08. The van der Waals surface area contributed by atoms with Crippen LogP contribution in [0.2, 0.25) is 0 Å². The lowest BCUT2D eigenvalue weighted by Gasteiger charge is -2.38. The quantitative estimate of drug-likeness (QED) is 0.547. The number of rotatable bonds is 7. The molecule has 5 nitrogen and oxygen atoms in total. The highest BCUT2D eigenvalue weighted by Crippen LogP contribution is 2.10. The maximum absolute atomic E-state index is 11.0. The Kier molecular flexibility index (Phi) is 7.27. The van der Waals surface area contributed by atoms with E-state index in [1.807, 2.05) is 0 Å². The summed E-state index contributed by atoms with van der Waals surface area (Å²) in [5.74, 6) is -0.127. The van der Waals surface area contributed by atoms with E-state index in [1.54, 1.807) is 0 Å². The van der Waals surface area contributed by atoms with Gasteiger partial charge in [0, 0.05) is 32.6 Å². The van der Waals surface area contributed by atoms with Gasteiger partial charge < -0.3 is 15.4 Å². The van der Waals surface area contributed by atoms with Gasteiger partial charge in [-0.1, -0.05) is 19.1 Å². The highest BCUT2D eigenvalue weighted by atomic mass is 32.1. The third-order valence-electron chi connectivity index (χ3n) is 3.65. The molecule has 1 atom stereocenters. The zero-order chi connectivity index (χ0) is 14.3. The molecule has 0 spiro atoms. The van der Waals surface area contributed by atoms with Crippen LogP contribution in [-0.4, -0.2) is 66.6 Å². The van der Waals surface area contributed by atoms with E-state index in [0.29, 0.717) is 11.4 Å². The van der Waals surface area contributed by atoms with Crippen molar-refractivity contribution in [2.75, 3.05) is 39.8 Å². The Labute approximate surface area is 121 Å². The Bertz CT molecular complexity index is 304. The van der Waals surface area contributed by atoms with Crippen LogP contribution in [0.3, 0.4) is 0 Å². The first-order valence-corrected chi connectivity index (χ1v) is 7.31. The van der Waals surface area contributed by atoms with Gasteiger partial charge in [-0.3, -0.25) is 9.69 Å². The normalized spacial score (nSPS) is 19.1. The Morgan fingerprint density at radius 1 is 1.37 bits per heavy atom. The number of methoxy groups -OCH3 is 1. The van der Waals surface area contributed by atoms with E-state index in [2.05, 4.69) is 21.5 Å². The molecule has 1 aliphatic rings. The summed E-state index contributed by atoms with van der Waals surface area (Å²) in [6.07, 6.45) is 2.33. The molecule has 0 saturated carbocycles. The summed E-state index contributed by atoms with van der Waals surface area (Å²) in [6.45, 7) is 7.09. The number of piperazine rings is 1. The summed E-state index contributed by atoms with van der Waals surface area (Å²) in [6, 6.07) is 0.229. The Balaban J connectivity index is 2.25. The van der Waals surface area contributed by atoms with Crippen LogP contribution in [0.15, 0.2) is 0 Å². The van der Waals surface area contributed by atoms with Gasteiger partial charge >= 0.3 is 5.97 Å². The van der Waals surface area contributed by atoms with Gasteiger partial charge in [-0.05, 0) is 19.4 Å². The third kappa shape index (κ3) is 5.42. The average molecular weight is 287 g/mol. The average Bonchev–Trinajstić information content (AvgIpc) is 2.40. The second kappa shape index (κ2) is 8.45.